The molecule has 2 N–H and O–H groups in total. The van der Waals surface area contributed by atoms with Crippen LogP contribution in [-0.2, 0) is 0 Å². The molecule has 1 aliphatic heterocycles. The third-order valence-electron chi connectivity index (χ3n) is 5.98. The standard InChI is InChI=1S/C24H34N4O2S/c1-4-27(5-2)15-12-25-23(29)20-17-19(26-24(30)22-7-6-16-31-22)8-9-21(20)28-13-10-18(3)11-14-28/h6-9,16-18H,4-5,10-15H2,1-3H3,(H,25,29)(H,26,30). The van der Waals surface area contributed by atoms with Crippen LogP contribution >= 0.6 is 11.3 Å². The maximum Gasteiger partial charge on any atom is 0.265 e. The van der Waals surface area contributed by atoms with Gasteiger partial charge in [0.05, 0.1) is 10.4 Å². The van der Waals surface area contributed by atoms with Crippen LogP contribution in [0.3, 0.4) is 0 Å². The Balaban J connectivity index is 1.77. The minimum Gasteiger partial charge on any atom is -0.371 e. The Morgan fingerprint density at radius 2 is 1.87 bits per heavy atom. The lowest BCUT2D eigenvalue weighted by Gasteiger charge is -2.33. The van der Waals surface area contributed by atoms with E-state index in [0.717, 1.165) is 51.3 Å². The molecular weight excluding hydrogens is 408 g/mol. The van der Waals surface area contributed by atoms with E-state index in [-0.39, 0.29) is 11.8 Å². The summed E-state index contributed by atoms with van der Waals surface area (Å²) in [5.41, 5.74) is 2.21. The minimum atomic E-state index is -0.151. The van der Waals surface area contributed by atoms with Crippen LogP contribution in [0.1, 0.15) is 53.6 Å². The number of carbonyl (C=O) groups is 2. The average Bonchev–Trinajstić information content (AvgIpc) is 3.32. The van der Waals surface area contributed by atoms with E-state index in [4.69, 9.17) is 0 Å². The van der Waals surface area contributed by atoms with E-state index >= 15 is 0 Å². The van der Waals surface area contributed by atoms with E-state index < -0.39 is 0 Å². The van der Waals surface area contributed by atoms with E-state index in [2.05, 4.69) is 41.2 Å². The maximum atomic E-state index is 13.1. The van der Waals surface area contributed by atoms with Gasteiger partial charge in [-0.3, -0.25) is 9.59 Å². The molecule has 2 heterocycles. The first-order valence-electron chi connectivity index (χ1n) is 11.3. The van der Waals surface area contributed by atoms with Gasteiger partial charge >= 0.3 is 0 Å². The van der Waals surface area contributed by atoms with Crippen LogP contribution < -0.4 is 15.5 Å². The van der Waals surface area contributed by atoms with Crippen molar-refractivity contribution in [1.82, 2.24) is 10.2 Å². The summed E-state index contributed by atoms with van der Waals surface area (Å²) in [6.07, 6.45) is 2.25. The predicted molar refractivity (Wildman–Crippen MR) is 129 cm³/mol. The van der Waals surface area contributed by atoms with Crippen molar-refractivity contribution >= 4 is 34.5 Å². The summed E-state index contributed by atoms with van der Waals surface area (Å²) in [5, 5.41) is 7.89. The van der Waals surface area contributed by atoms with Gasteiger partial charge in [0.1, 0.15) is 0 Å². The zero-order valence-corrected chi connectivity index (χ0v) is 19.6. The van der Waals surface area contributed by atoms with E-state index in [1.54, 1.807) is 6.07 Å². The second kappa shape index (κ2) is 11.3. The van der Waals surface area contributed by atoms with Gasteiger partial charge in [-0.2, -0.15) is 0 Å². The number of anilines is 2. The van der Waals surface area contributed by atoms with Gasteiger partial charge in [-0.05, 0) is 61.5 Å². The Kier molecular flexibility index (Phi) is 8.49. The SMILES string of the molecule is CCN(CC)CCNC(=O)c1cc(NC(=O)c2cccs2)ccc1N1CCC(C)CC1. The van der Waals surface area contributed by atoms with E-state index in [1.807, 2.05) is 29.6 Å². The molecule has 0 unspecified atom stereocenters. The van der Waals surface area contributed by atoms with Crippen molar-refractivity contribution in [3.8, 4) is 0 Å². The van der Waals surface area contributed by atoms with Crippen LogP contribution in [0.4, 0.5) is 11.4 Å². The third-order valence-corrected chi connectivity index (χ3v) is 6.84. The van der Waals surface area contributed by atoms with Crippen LogP contribution in [-0.4, -0.2) is 56.0 Å². The van der Waals surface area contributed by atoms with E-state index in [9.17, 15) is 9.59 Å². The Morgan fingerprint density at radius 1 is 1.13 bits per heavy atom. The molecule has 0 spiro atoms. The second-order valence-corrected chi connectivity index (χ2v) is 9.06. The highest BCUT2D eigenvalue weighted by Gasteiger charge is 2.22. The number of hydrogen-bond acceptors (Lipinski definition) is 5. The van der Waals surface area contributed by atoms with Crippen LogP contribution in [0.2, 0.25) is 0 Å². The van der Waals surface area contributed by atoms with Gasteiger partial charge in [0, 0.05) is 37.6 Å². The van der Waals surface area contributed by atoms with Crippen molar-refractivity contribution in [2.24, 2.45) is 5.92 Å². The Morgan fingerprint density at radius 3 is 2.52 bits per heavy atom. The van der Waals surface area contributed by atoms with Crippen molar-refractivity contribution in [1.29, 1.82) is 0 Å². The molecule has 1 aromatic heterocycles. The number of benzene rings is 1. The monoisotopic (exact) mass is 442 g/mol. The van der Waals surface area contributed by atoms with Crippen molar-refractivity contribution in [3.63, 3.8) is 0 Å². The van der Waals surface area contributed by atoms with E-state index in [0.29, 0.717) is 28.6 Å². The summed E-state index contributed by atoms with van der Waals surface area (Å²) in [6, 6.07) is 9.33. The Bertz CT molecular complexity index is 856. The second-order valence-electron chi connectivity index (χ2n) is 8.12. The normalized spacial score (nSPS) is 14.6. The first kappa shape index (κ1) is 23.3. The third kappa shape index (κ3) is 6.31. The lowest BCUT2D eigenvalue weighted by atomic mass is 9.97. The zero-order valence-electron chi connectivity index (χ0n) is 18.8. The quantitative estimate of drug-likeness (QED) is 0.607. The molecule has 0 saturated carbocycles. The smallest absolute Gasteiger partial charge is 0.265 e. The topological polar surface area (TPSA) is 64.7 Å². The number of amides is 2. The average molecular weight is 443 g/mol. The Hall–Kier alpha value is -2.38. The van der Waals surface area contributed by atoms with Crippen LogP contribution in [0.25, 0.3) is 0 Å². The van der Waals surface area contributed by atoms with Crippen molar-refractivity contribution < 1.29 is 9.59 Å². The summed E-state index contributed by atoms with van der Waals surface area (Å²) < 4.78 is 0. The molecule has 0 radical (unpaired) electrons. The minimum absolute atomic E-state index is 0.0898. The number of hydrogen-bond donors (Lipinski definition) is 2. The molecule has 1 aliphatic rings. The molecule has 6 nitrogen and oxygen atoms in total. The molecule has 7 heteroatoms. The summed E-state index contributed by atoms with van der Waals surface area (Å²) in [6.45, 7) is 11.8. The lowest BCUT2D eigenvalue weighted by molar-refractivity contribution is 0.0948. The molecule has 0 bridgehead atoms. The highest BCUT2D eigenvalue weighted by atomic mass is 32.1. The van der Waals surface area contributed by atoms with Crippen molar-refractivity contribution in [2.45, 2.75) is 33.6 Å². The van der Waals surface area contributed by atoms with Gasteiger partial charge in [0.2, 0.25) is 0 Å². The highest BCUT2D eigenvalue weighted by Crippen LogP contribution is 2.29. The first-order valence-corrected chi connectivity index (χ1v) is 12.1. The first-order chi connectivity index (χ1) is 15.0. The molecule has 1 fully saturated rings. The number of thiophene rings is 1. The molecule has 31 heavy (non-hydrogen) atoms. The fraction of sp³-hybridized carbons (Fsp3) is 0.500. The van der Waals surface area contributed by atoms with Gasteiger partial charge in [-0.25, -0.2) is 0 Å². The number of carbonyl (C=O) groups excluding carboxylic acids is 2. The Labute approximate surface area is 189 Å². The van der Waals surface area contributed by atoms with Crippen molar-refractivity contribution in [2.75, 3.05) is 49.5 Å². The van der Waals surface area contributed by atoms with Crippen LogP contribution in [0, 0.1) is 5.92 Å². The van der Waals surface area contributed by atoms with Crippen molar-refractivity contribution in [3.05, 3.63) is 46.2 Å². The summed E-state index contributed by atoms with van der Waals surface area (Å²) in [5.74, 6) is 0.474. The highest BCUT2D eigenvalue weighted by molar-refractivity contribution is 7.12. The summed E-state index contributed by atoms with van der Waals surface area (Å²) in [7, 11) is 0. The van der Waals surface area contributed by atoms with Gasteiger partial charge < -0.3 is 20.4 Å². The number of piperidine rings is 1. The molecule has 2 amide bonds. The molecule has 0 aliphatic carbocycles. The molecule has 3 rings (SSSR count). The molecular formula is C24H34N4O2S. The van der Waals surface area contributed by atoms with Gasteiger partial charge in [0.15, 0.2) is 0 Å². The summed E-state index contributed by atoms with van der Waals surface area (Å²) in [4.78, 5) is 30.8. The molecule has 0 atom stereocenters. The largest absolute Gasteiger partial charge is 0.371 e. The van der Waals surface area contributed by atoms with Gasteiger partial charge in [-0.15, -0.1) is 11.3 Å². The molecule has 1 saturated heterocycles. The maximum absolute atomic E-state index is 13.1. The van der Waals surface area contributed by atoms with E-state index in [1.165, 1.54) is 11.3 Å². The number of nitrogens with zero attached hydrogens (tertiary/aromatic N) is 2. The fourth-order valence-corrected chi connectivity index (χ4v) is 4.50. The fourth-order valence-electron chi connectivity index (χ4n) is 3.88. The summed E-state index contributed by atoms with van der Waals surface area (Å²) >= 11 is 1.40. The lowest BCUT2D eigenvalue weighted by Crippen LogP contribution is -2.37. The zero-order chi connectivity index (χ0) is 22.2. The van der Waals surface area contributed by atoms with Crippen LogP contribution in [0.15, 0.2) is 35.7 Å². The predicted octanol–water partition coefficient (Wildman–Crippen LogP) is 4.31. The molecule has 1 aromatic carbocycles. The molecule has 2 aromatic rings. The number of nitrogens with one attached hydrogen (secondary N) is 2. The number of rotatable bonds is 9. The van der Waals surface area contributed by atoms with Gasteiger partial charge in [-0.1, -0.05) is 26.8 Å². The van der Waals surface area contributed by atoms with Gasteiger partial charge in [0.25, 0.3) is 11.8 Å². The number of likely N-dealkylation sites (N-methyl/N-ethyl adjacent to an activating group) is 1. The van der Waals surface area contributed by atoms with Crippen LogP contribution in [0.5, 0.6) is 0 Å². The molecule has 168 valence electrons.